The first-order valence-corrected chi connectivity index (χ1v) is 7.17. The minimum Gasteiger partial charge on any atom is -0.358 e. The molecule has 0 fully saturated rings. The monoisotopic (exact) mass is 360 g/mol. The van der Waals surface area contributed by atoms with Crippen molar-refractivity contribution in [3.63, 3.8) is 0 Å². The van der Waals surface area contributed by atoms with E-state index in [2.05, 4.69) is 10.6 Å². The van der Waals surface area contributed by atoms with Crippen LogP contribution in [0.25, 0.3) is 0 Å². The molecule has 7 nitrogen and oxygen atoms in total. The Morgan fingerprint density at radius 3 is 2.64 bits per heavy atom. The fourth-order valence-electron chi connectivity index (χ4n) is 1.79. The van der Waals surface area contributed by atoms with Gasteiger partial charge in [-0.15, -0.1) is 0 Å². The molecule has 2 rings (SSSR count). The van der Waals surface area contributed by atoms with Gasteiger partial charge in [-0.3, -0.25) is 14.9 Å². The van der Waals surface area contributed by atoms with Gasteiger partial charge in [0, 0.05) is 18.3 Å². The number of anilines is 2. The zero-order chi connectivity index (χ0) is 18.4. The number of hydrogen-bond acceptors (Lipinski definition) is 5. The summed E-state index contributed by atoms with van der Waals surface area (Å²) in [5.74, 6) is -1.41. The van der Waals surface area contributed by atoms with Crippen molar-refractivity contribution in [2.24, 2.45) is 0 Å². The Kier molecular flexibility index (Phi) is 5.66. The Bertz CT molecular complexity index is 908. The Balaban J connectivity index is 2.19. The number of non-ortho nitro benzene ring substituents is 1. The number of nitriles is 1. The van der Waals surface area contributed by atoms with Gasteiger partial charge in [0.05, 0.1) is 21.3 Å². The third-order valence-electron chi connectivity index (χ3n) is 3.02. The van der Waals surface area contributed by atoms with Gasteiger partial charge in [0.2, 0.25) is 0 Å². The topological polar surface area (TPSA) is 108 Å². The number of nitro benzene ring substituents is 1. The Morgan fingerprint density at radius 1 is 1.28 bits per heavy atom. The van der Waals surface area contributed by atoms with Crippen LogP contribution in [-0.4, -0.2) is 10.8 Å². The van der Waals surface area contributed by atoms with Gasteiger partial charge in [-0.1, -0.05) is 23.7 Å². The lowest BCUT2D eigenvalue weighted by molar-refractivity contribution is -0.384. The van der Waals surface area contributed by atoms with Gasteiger partial charge in [-0.05, 0) is 18.2 Å². The van der Waals surface area contributed by atoms with Crippen LogP contribution in [0, 0.1) is 27.3 Å². The fourth-order valence-corrected chi connectivity index (χ4v) is 1.95. The third kappa shape index (κ3) is 4.53. The van der Waals surface area contributed by atoms with Gasteiger partial charge >= 0.3 is 0 Å². The summed E-state index contributed by atoms with van der Waals surface area (Å²) in [6.45, 7) is 0. The van der Waals surface area contributed by atoms with E-state index in [-0.39, 0.29) is 27.7 Å². The predicted octanol–water partition coefficient (Wildman–Crippen LogP) is 3.85. The normalized spacial score (nSPS) is 10.7. The van der Waals surface area contributed by atoms with Crippen LogP contribution in [0.15, 0.2) is 54.2 Å². The maximum atomic E-state index is 13.5. The summed E-state index contributed by atoms with van der Waals surface area (Å²) in [4.78, 5) is 22.2. The molecule has 0 aliphatic heterocycles. The summed E-state index contributed by atoms with van der Waals surface area (Å²) in [6, 6.07) is 10.9. The van der Waals surface area contributed by atoms with E-state index in [1.54, 1.807) is 12.1 Å². The van der Waals surface area contributed by atoms with Gasteiger partial charge in [0.15, 0.2) is 0 Å². The molecule has 126 valence electrons. The molecule has 1 amide bonds. The molecule has 0 aliphatic rings. The Morgan fingerprint density at radius 2 is 2.00 bits per heavy atom. The van der Waals surface area contributed by atoms with E-state index in [1.807, 2.05) is 0 Å². The first-order valence-electron chi connectivity index (χ1n) is 6.79. The molecule has 0 saturated heterocycles. The van der Waals surface area contributed by atoms with E-state index in [0.717, 1.165) is 12.3 Å². The lowest BCUT2D eigenvalue weighted by Gasteiger charge is -2.07. The van der Waals surface area contributed by atoms with Crippen LogP contribution >= 0.6 is 11.6 Å². The number of benzene rings is 2. The second-order valence-corrected chi connectivity index (χ2v) is 5.08. The second-order valence-electron chi connectivity index (χ2n) is 4.67. The zero-order valence-corrected chi connectivity index (χ0v) is 13.2. The van der Waals surface area contributed by atoms with Crippen molar-refractivity contribution in [2.75, 3.05) is 10.6 Å². The molecule has 2 aromatic carbocycles. The van der Waals surface area contributed by atoms with Gasteiger partial charge in [0.1, 0.15) is 17.5 Å². The van der Waals surface area contributed by atoms with Crippen LogP contribution in [0.5, 0.6) is 0 Å². The molecule has 0 heterocycles. The number of hydrogen-bond donors (Lipinski definition) is 2. The van der Waals surface area contributed by atoms with Crippen molar-refractivity contribution in [1.82, 2.24) is 0 Å². The van der Waals surface area contributed by atoms with Crippen LogP contribution in [0.4, 0.5) is 21.5 Å². The highest BCUT2D eigenvalue weighted by Gasteiger charge is 2.15. The molecule has 0 atom stereocenters. The molecular formula is C16H10ClFN4O3. The van der Waals surface area contributed by atoms with Gasteiger partial charge in [0.25, 0.3) is 11.6 Å². The second kappa shape index (κ2) is 7.90. The van der Waals surface area contributed by atoms with E-state index in [9.17, 15) is 19.3 Å². The fraction of sp³-hybridized carbons (Fsp3) is 0. The number of carbonyl (C=O) groups is 1. The lowest BCUT2D eigenvalue weighted by Crippen LogP contribution is -2.15. The average Bonchev–Trinajstić information content (AvgIpc) is 2.58. The minimum absolute atomic E-state index is 0.0205. The zero-order valence-electron chi connectivity index (χ0n) is 12.5. The van der Waals surface area contributed by atoms with Crippen molar-refractivity contribution in [3.8, 4) is 6.07 Å². The highest BCUT2D eigenvalue weighted by atomic mass is 35.5. The van der Waals surface area contributed by atoms with Crippen molar-refractivity contribution < 1.29 is 14.1 Å². The van der Waals surface area contributed by atoms with Gasteiger partial charge < -0.3 is 10.6 Å². The quantitative estimate of drug-likeness (QED) is 0.364. The maximum absolute atomic E-state index is 13.5. The third-order valence-corrected chi connectivity index (χ3v) is 3.35. The summed E-state index contributed by atoms with van der Waals surface area (Å²) in [5, 5.41) is 24.7. The Labute approximate surface area is 146 Å². The molecule has 0 saturated carbocycles. The average molecular weight is 361 g/mol. The molecule has 0 bridgehead atoms. The minimum atomic E-state index is -0.853. The molecule has 0 radical (unpaired) electrons. The number of para-hydroxylation sites is 1. The molecule has 0 unspecified atom stereocenters. The smallest absolute Gasteiger partial charge is 0.271 e. The number of nitrogens with zero attached hydrogens (tertiary/aromatic N) is 2. The number of halogens is 2. The largest absolute Gasteiger partial charge is 0.358 e. The van der Waals surface area contributed by atoms with Crippen LogP contribution in [0.1, 0.15) is 0 Å². The van der Waals surface area contributed by atoms with Crippen molar-refractivity contribution in [2.45, 2.75) is 0 Å². The summed E-state index contributed by atoms with van der Waals surface area (Å²) < 4.78 is 13.5. The molecular weight excluding hydrogens is 351 g/mol. The standard InChI is InChI=1S/C16H10ClFN4O3/c17-12-6-5-11(22(24)25)7-15(12)21-16(23)10(8-19)9-20-14-4-2-1-3-13(14)18/h1-7,9,20H,(H,21,23)/b10-9-. The van der Waals surface area contributed by atoms with Crippen LogP contribution in [0.2, 0.25) is 5.02 Å². The number of rotatable bonds is 5. The lowest BCUT2D eigenvalue weighted by atomic mass is 10.2. The first-order chi connectivity index (χ1) is 11.9. The highest BCUT2D eigenvalue weighted by Crippen LogP contribution is 2.27. The Hall–Kier alpha value is -3.44. The van der Waals surface area contributed by atoms with Crippen LogP contribution in [-0.2, 0) is 4.79 Å². The van der Waals surface area contributed by atoms with E-state index < -0.39 is 16.6 Å². The summed E-state index contributed by atoms with van der Waals surface area (Å²) in [5.41, 5.74) is -0.582. The predicted molar refractivity (Wildman–Crippen MR) is 90.5 cm³/mol. The van der Waals surface area contributed by atoms with Crippen molar-refractivity contribution >= 4 is 34.6 Å². The number of nitrogens with one attached hydrogen (secondary N) is 2. The van der Waals surface area contributed by atoms with Crippen molar-refractivity contribution in [1.29, 1.82) is 5.26 Å². The van der Waals surface area contributed by atoms with Gasteiger partial charge in [-0.25, -0.2) is 4.39 Å². The molecule has 0 spiro atoms. The molecule has 2 N–H and O–H groups in total. The van der Waals surface area contributed by atoms with Crippen molar-refractivity contribution in [3.05, 3.63) is 75.2 Å². The van der Waals surface area contributed by atoms with Crippen LogP contribution < -0.4 is 10.6 Å². The van der Waals surface area contributed by atoms with E-state index in [4.69, 9.17) is 16.9 Å². The molecule has 2 aromatic rings. The van der Waals surface area contributed by atoms with E-state index >= 15 is 0 Å². The maximum Gasteiger partial charge on any atom is 0.271 e. The molecule has 9 heteroatoms. The number of carbonyl (C=O) groups excluding carboxylic acids is 1. The number of nitro groups is 1. The van der Waals surface area contributed by atoms with Crippen LogP contribution in [0.3, 0.4) is 0 Å². The summed E-state index contributed by atoms with van der Waals surface area (Å²) in [6.07, 6.45) is 1.03. The summed E-state index contributed by atoms with van der Waals surface area (Å²) >= 11 is 5.88. The number of amides is 1. The molecule has 0 aliphatic carbocycles. The highest BCUT2D eigenvalue weighted by molar-refractivity contribution is 6.34. The first kappa shape index (κ1) is 17.9. The molecule has 25 heavy (non-hydrogen) atoms. The van der Waals surface area contributed by atoms with E-state index in [0.29, 0.717) is 0 Å². The molecule has 0 aromatic heterocycles. The van der Waals surface area contributed by atoms with Gasteiger partial charge in [-0.2, -0.15) is 5.26 Å². The van der Waals surface area contributed by atoms with E-state index in [1.165, 1.54) is 30.3 Å². The summed E-state index contributed by atoms with van der Waals surface area (Å²) in [7, 11) is 0. The SMILES string of the molecule is N#C/C(=C/Nc1ccccc1F)C(=O)Nc1cc([N+](=O)[O-])ccc1Cl.